The lowest BCUT2D eigenvalue weighted by molar-refractivity contribution is 0.0743. The van der Waals surface area contributed by atoms with E-state index in [2.05, 4.69) is 25.1 Å². The van der Waals surface area contributed by atoms with Gasteiger partial charge in [-0.15, -0.1) is 0 Å². The van der Waals surface area contributed by atoms with Crippen LogP contribution in [0.25, 0.3) is 0 Å². The van der Waals surface area contributed by atoms with Crippen molar-refractivity contribution in [3.05, 3.63) is 101 Å². The quantitative estimate of drug-likeness (QED) is 0.467. The summed E-state index contributed by atoms with van der Waals surface area (Å²) in [5.41, 5.74) is 9.98. The second-order valence-electron chi connectivity index (χ2n) is 7.66. The Bertz CT molecular complexity index is 956. The number of carbonyl (C=O) groups excluding carboxylic acids is 1. The number of nitrogens with zero attached hydrogens (tertiary/aromatic N) is 1. The minimum absolute atomic E-state index is 0.0561. The fraction of sp³-hybridized carbons (Fsp3) is 0.296. The third-order valence-electron chi connectivity index (χ3n) is 5.32. The standard InChI is InChI=1S/C27H32N2O2/c1-2-3-13-23-14-7-8-15-24(23)20-29(19-18-28)27(30)25-16-9-10-17-26(25)31-21-22-11-5-4-6-12-22/h4-12,14-17H,2-3,13,18-21,28H2,1H3. The van der Waals surface area contributed by atoms with E-state index in [0.717, 1.165) is 24.8 Å². The zero-order valence-electron chi connectivity index (χ0n) is 18.3. The molecule has 162 valence electrons. The highest BCUT2D eigenvalue weighted by Crippen LogP contribution is 2.23. The van der Waals surface area contributed by atoms with Crippen LogP contribution in [0.2, 0.25) is 0 Å². The molecule has 0 aliphatic carbocycles. The van der Waals surface area contributed by atoms with Crippen molar-refractivity contribution in [1.29, 1.82) is 0 Å². The van der Waals surface area contributed by atoms with Gasteiger partial charge in [-0.1, -0.05) is 80.1 Å². The van der Waals surface area contributed by atoms with Crippen LogP contribution >= 0.6 is 0 Å². The number of carbonyl (C=O) groups is 1. The summed E-state index contributed by atoms with van der Waals surface area (Å²) in [6.07, 6.45) is 3.30. The predicted octanol–water partition coefficient (Wildman–Crippen LogP) is 5.21. The Balaban J connectivity index is 1.79. The fourth-order valence-corrected chi connectivity index (χ4v) is 3.61. The van der Waals surface area contributed by atoms with E-state index in [0.29, 0.717) is 37.6 Å². The first kappa shape index (κ1) is 22.6. The van der Waals surface area contributed by atoms with Crippen LogP contribution in [0.15, 0.2) is 78.9 Å². The summed E-state index contributed by atoms with van der Waals surface area (Å²) in [6, 6.07) is 25.8. The van der Waals surface area contributed by atoms with Crippen molar-refractivity contribution in [3.8, 4) is 5.75 Å². The van der Waals surface area contributed by atoms with Crippen molar-refractivity contribution in [2.24, 2.45) is 5.73 Å². The summed E-state index contributed by atoms with van der Waals surface area (Å²) in [4.78, 5) is 15.3. The van der Waals surface area contributed by atoms with Gasteiger partial charge < -0.3 is 15.4 Å². The van der Waals surface area contributed by atoms with Gasteiger partial charge in [-0.05, 0) is 41.7 Å². The van der Waals surface area contributed by atoms with Crippen LogP contribution in [0.5, 0.6) is 5.75 Å². The Morgan fingerprint density at radius 2 is 1.58 bits per heavy atom. The zero-order chi connectivity index (χ0) is 21.9. The van der Waals surface area contributed by atoms with Gasteiger partial charge in [-0.2, -0.15) is 0 Å². The molecule has 0 heterocycles. The van der Waals surface area contributed by atoms with Crippen LogP contribution in [0, 0.1) is 0 Å². The molecule has 3 aromatic carbocycles. The molecule has 4 heteroatoms. The summed E-state index contributed by atoms with van der Waals surface area (Å²) in [5, 5.41) is 0. The third-order valence-corrected chi connectivity index (χ3v) is 5.32. The molecule has 3 rings (SSSR count). The molecular weight excluding hydrogens is 384 g/mol. The minimum atomic E-state index is -0.0561. The highest BCUT2D eigenvalue weighted by Gasteiger charge is 2.20. The number of rotatable bonds is 11. The lowest BCUT2D eigenvalue weighted by Gasteiger charge is -2.24. The fourth-order valence-electron chi connectivity index (χ4n) is 3.61. The van der Waals surface area contributed by atoms with E-state index in [4.69, 9.17) is 10.5 Å². The van der Waals surface area contributed by atoms with Crippen molar-refractivity contribution >= 4 is 5.91 Å². The normalized spacial score (nSPS) is 10.6. The molecular formula is C27H32N2O2. The molecule has 0 saturated heterocycles. The Morgan fingerprint density at radius 3 is 2.32 bits per heavy atom. The van der Waals surface area contributed by atoms with E-state index in [1.54, 1.807) is 0 Å². The number of ether oxygens (including phenoxy) is 1. The topological polar surface area (TPSA) is 55.6 Å². The van der Waals surface area contributed by atoms with E-state index in [-0.39, 0.29) is 5.91 Å². The highest BCUT2D eigenvalue weighted by atomic mass is 16.5. The number of hydrogen-bond acceptors (Lipinski definition) is 3. The molecule has 0 radical (unpaired) electrons. The van der Waals surface area contributed by atoms with E-state index < -0.39 is 0 Å². The second-order valence-corrected chi connectivity index (χ2v) is 7.66. The number of unbranched alkanes of at least 4 members (excludes halogenated alkanes) is 1. The number of hydrogen-bond donors (Lipinski definition) is 1. The maximum Gasteiger partial charge on any atom is 0.257 e. The Kier molecular flexibility index (Phi) is 8.68. The summed E-state index contributed by atoms with van der Waals surface area (Å²) in [5.74, 6) is 0.539. The van der Waals surface area contributed by atoms with Crippen molar-refractivity contribution < 1.29 is 9.53 Å². The van der Waals surface area contributed by atoms with Gasteiger partial charge in [0.1, 0.15) is 12.4 Å². The Hall–Kier alpha value is -3.11. The molecule has 0 unspecified atom stereocenters. The Morgan fingerprint density at radius 1 is 0.903 bits per heavy atom. The van der Waals surface area contributed by atoms with Gasteiger partial charge in [0.25, 0.3) is 5.91 Å². The SMILES string of the molecule is CCCCc1ccccc1CN(CCN)C(=O)c1ccccc1OCc1ccccc1. The largest absolute Gasteiger partial charge is 0.488 e. The van der Waals surface area contributed by atoms with Crippen molar-refractivity contribution in [1.82, 2.24) is 4.90 Å². The highest BCUT2D eigenvalue weighted by molar-refractivity contribution is 5.97. The maximum atomic E-state index is 13.5. The van der Waals surface area contributed by atoms with Crippen LogP contribution in [0.3, 0.4) is 0 Å². The summed E-state index contributed by atoms with van der Waals surface area (Å²) in [7, 11) is 0. The number of para-hydroxylation sites is 1. The molecule has 0 spiro atoms. The summed E-state index contributed by atoms with van der Waals surface area (Å²) >= 11 is 0. The van der Waals surface area contributed by atoms with Gasteiger partial charge >= 0.3 is 0 Å². The van der Waals surface area contributed by atoms with Crippen molar-refractivity contribution in [3.63, 3.8) is 0 Å². The molecule has 0 fully saturated rings. The molecule has 0 aromatic heterocycles. The number of aryl methyl sites for hydroxylation is 1. The van der Waals surface area contributed by atoms with Crippen molar-refractivity contribution in [2.75, 3.05) is 13.1 Å². The van der Waals surface area contributed by atoms with E-state index >= 15 is 0 Å². The maximum absolute atomic E-state index is 13.5. The van der Waals surface area contributed by atoms with Crippen molar-refractivity contribution in [2.45, 2.75) is 39.3 Å². The second kappa shape index (κ2) is 11.9. The van der Waals surface area contributed by atoms with Crippen LogP contribution in [0.4, 0.5) is 0 Å². The van der Waals surface area contributed by atoms with E-state index in [1.807, 2.05) is 65.6 Å². The lowest BCUT2D eigenvalue weighted by atomic mass is 10.0. The molecule has 4 nitrogen and oxygen atoms in total. The zero-order valence-corrected chi connectivity index (χ0v) is 18.3. The smallest absolute Gasteiger partial charge is 0.257 e. The van der Waals surface area contributed by atoms with Gasteiger partial charge in [0.2, 0.25) is 0 Å². The summed E-state index contributed by atoms with van der Waals surface area (Å²) in [6.45, 7) is 4.06. The first-order valence-electron chi connectivity index (χ1n) is 11.0. The first-order valence-corrected chi connectivity index (χ1v) is 11.0. The first-order chi connectivity index (χ1) is 15.2. The van der Waals surface area contributed by atoms with E-state index in [1.165, 1.54) is 11.1 Å². The van der Waals surface area contributed by atoms with E-state index in [9.17, 15) is 4.79 Å². The van der Waals surface area contributed by atoms with Crippen LogP contribution < -0.4 is 10.5 Å². The minimum Gasteiger partial charge on any atom is -0.488 e. The number of amides is 1. The third kappa shape index (κ3) is 6.43. The molecule has 0 aliphatic rings. The molecule has 3 aromatic rings. The van der Waals surface area contributed by atoms with Crippen LogP contribution in [-0.2, 0) is 19.6 Å². The monoisotopic (exact) mass is 416 g/mol. The van der Waals surface area contributed by atoms with Gasteiger partial charge in [-0.25, -0.2) is 0 Å². The molecule has 0 saturated carbocycles. The van der Waals surface area contributed by atoms with Gasteiger partial charge in [-0.3, -0.25) is 4.79 Å². The molecule has 0 bridgehead atoms. The van der Waals surface area contributed by atoms with Gasteiger partial charge in [0, 0.05) is 19.6 Å². The summed E-state index contributed by atoms with van der Waals surface area (Å²) < 4.78 is 6.02. The number of benzene rings is 3. The van der Waals surface area contributed by atoms with Crippen LogP contribution in [0.1, 0.15) is 46.8 Å². The molecule has 0 aliphatic heterocycles. The van der Waals surface area contributed by atoms with Gasteiger partial charge in [0.05, 0.1) is 5.56 Å². The molecule has 31 heavy (non-hydrogen) atoms. The molecule has 1 amide bonds. The average molecular weight is 417 g/mol. The van der Waals surface area contributed by atoms with Gasteiger partial charge in [0.15, 0.2) is 0 Å². The average Bonchev–Trinajstić information content (AvgIpc) is 2.82. The van der Waals surface area contributed by atoms with Crippen LogP contribution in [-0.4, -0.2) is 23.9 Å². The Labute approximate surface area is 185 Å². The molecule has 2 N–H and O–H groups in total. The number of nitrogens with two attached hydrogens (primary N) is 1. The predicted molar refractivity (Wildman–Crippen MR) is 126 cm³/mol. The molecule has 0 atom stereocenters. The lowest BCUT2D eigenvalue weighted by Crippen LogP contribution is -2.35.